The Labute approximate surface area is 292 Å². The van der Waals surface area contributed by atoms with Crippen molar-refractivity contribution in [1.29, 1.82) is 0 Å². The maximum Gasteiger partial charge on any atom is 0.0862 e. The Hall–Kier alpha value is -5.57. The molecule has 0 aromatic heterocycles. The van der Waals surface area contributed by atoms with Crippen molar-refractivity contribution in [2.75, 3.05) is 10.8 Å². The van der Waals surface area contributed by atoms with E-state index in [1.807, 2.05) is 11.8 Å². The van der Waals surface area contributed by atoms with E-state index in [0.29, 0.717) is 0 Å². The molecule has 2 heteroatoms. The fraction of sp³-hybridized carbons (Fsp3) is 0.0638. The summed E-state index contributed by atoms with van der Waals surface area (Å²) in [5.74, 6) is 0.850. The van der Waals surface area contributed by atoms with E-state index in [2.05, 4.69) is 199 Å². The number of rotatable bonds is 8. The monoisotopic (exact) mass is 645 g/mol. The molecule has 1 aliphatic heterocycles. The summed E-state index contributed by atoms with van der Waals surface area (Å²) in [6.07, 6.45) is 4.51. The maximum atomic E-state index is 2.65. The van der Waals surface area contributed by atoms with Gasteiger partial charge in [0, 0.05) is 27.6 Å². The lowest BCUT2D eigenvalue weighted by molar-refractivity contribution is 0.688. The summed E-state index contributed by atoms with van der Waals surface area (Å²) in [5, 5.41) is 2.63. The molecular weight excluding hydrogens is 611 g/mol. The zero-order chi connectivity index (χ0) is 32.6. The molecule has 0 spiro atoms. The fourth-order valence-electron chi connectivity index (χ4n) is 8.10. The first-order chi connectivity index (χ1) is 24.3. The van der Waals surface area contributed by atoms with Gasteiger partial charge in [0.15, 0.2) is 0 Å². The number of anilines is 1. The molecule has 1 aliphatic carbocycles. The van der Waals surface area contributed by atoms with Crippen LogP contribution in [-0.2, 0) is 5.41 Å². The van der Waals surface area contributed by atoms with Gasteiger partial charge in [-0.1, -0.05) is 188 Å². The van der Waals surface area contributed by atoms with Crippen molar-refractivity contribution in [2.24, 2.45) is 0 Å². The van der Waals surface area contributed by atoms with Crippen LogP contribution in [0.4, 0.5) is 5.69 Å². The van der Waals surface area contributed by atoms with Crippen molar-refractivity contribution in [3.8, 4) is 0 Å². The van der Waals surface area contributed by atoms with Gasteiger partial charge in [0.25, 0.3) is 0 Å². The number of hydrogen-bond donors (Lipinski definition) is 0. The lowest BCUT2D eigenvalue weighted by Gasteiger charge is -2.43. The first kappa shape index (κ1) is 29.6. The molecule has 0 radical (unpaired) electrons. The van der Waals surface area contributed by atoms with Crippen molar-refractivity contribution < 1.29 is 0 Å². The second-order valence-corrected chi connectivity index (χ2v) is 13.8. The van der Waals surface area contributed by atoms with Crippen molar-refractivity contribution in [1.82, 2.24) is 0 Å². The van der Waals surface area contributed by atoms with Crippen LogP contribution in [0.5, 0.6) is 0 Å². The first-order valence-electron chi connectivity index (χ1n) is 17.0. The molecule has 1 heterocycles. The molecule has 9 rings (SSSR count). The summed E-state index contributed by atoms with van der Waals surface area (Å²) in [4.78, 5) is 4.02. The number of benzene rings is 7. The van der Waals surface area contributed by atoms with Crippen molar-refractivity contribution >= 4 is 40.4 Å². The highest BCUT2D eigenvalue weighted by atomic mass is 32.2. The van der Waals surface area contributed by atoms with Gasteiger partial charge >= 0.3 is 0 Å². The summed E-state index contributed by atoms with van der Waals surface area (Å²) in [7, 11) is 0. The molecule has 0 bridgehead atoms. The quantitative estimate of drug-likeness (QED) is 0.151. The van der Waals surface area contributed by atoms with Gasteiger partial charge in [0.05, 0.1) is 11.3 Å². The average Bonchev–Trinajstić information content (AvgIpc) is 3.81. The molecule has 7 aromatic rings. The van der Waals surface area contributed by atoms with E-state index in [4.69, 9.17) is 0 Å². The van der Waals surface area contributed by atoms with Crippen LogP contribution in [0.15, 0.2) is 193 Å². The van der Waals surface area contributed by atoms with Gasteiger partial charge in [-0.15, -0.1) is 11.8 Å². The second-order valence-electron chi connectivity index (χ2n) is 12.8. The minimum absolute atomic E-state index is 0.0429. The van der Waals surface area contributed by atoms with Gasteiger partial charge in [-0.05, 0) is 50.4 Å². The summed E-state index contributed by atoms with van der Waals surface area (Å²) < 4.78 is 0. The van der Waals surface area contributed by atoms with E-state index in [9.17, 15) is 0 Å². The molecule has 0 unspecified atom stereocenters. The summed E-state index contributed by atoms with van der Waals surface area (Å²) in [6.45, 7) is 0. The highest BCUT2D eigenvalue weighted by molar-refractivity contribution is 8.03. The van der Waals surface area contributed by atoms with E-state index in [1.165, 1.54) is 66.0 Å². The van der Waals surface area contributed by atoms with E-state index < -0.39 is 5.41 Å². The number of thioether (sulfide) groups is 1. The molecule has 0 amide bonds. The lowest BCUT2D eigenvalue weighted by Crippen LogP contribution is -2.40. The third-order valence-corrected chi connectivity index (χ3v) is 11.3. The molecule has 0 fully saturated rings. The SMILES string of the molecule is C1=Cc2ccc(N3CSC(C(c4ccccc4)c4ccccc4)=C3C(c3ccccc3)(c3ccccc3)c3ccccc3)c3cccc1c23. The molecule has 2 aliphatic rings. The van der Waals surface area contributed by atoms with Gasteiger partial charge < -0.3 is 4.90 Å². The smallest absolute Gasteiger partial charge is 0.0862 e. The highest BCUT2D eigenvalue weighted by Crippen LogP contribution is 2.57. The van der Waals surface area contributed by atoms with Crippen LogP contribution in [0, 0.1) is 0 Å². The molecule has 0 saturated carbocycles. The minimum atomic E-state index is -0.620. The topological polar surface area (TPSA) is 3.24 Å². The zero-order valence-electron chi connectivity index (χ0n) is 27.1. The van der Waals surface area contributed by atoms with E-state index in [0.717, 1.165) is 5.88 Å². The van der Waals surface area contributed by atoms with Crippen LogP contribution in [0.1, 0.15) is 44.9 Å². The van der Waals surface area contributed by atoms with Crippen molar-refractivity contribution in [3.05, 3.63) is 232 Å². The Morgan fingerprint density at radius 2 is 0.939 bits per heavy atom. The van der Waals surface area contributed by atoms with Gasteiger partial charge in [0.2, 0.25) is 0 Å². The maximum absolute atomic E-state index is 2.65. The molecule has 1 nitrogen and oxygen atoms in total. The predicted molar refractivity (Wildman–Crippen MR) is 209 cm³/mol. The summed E-state index contributed by atoms with van der Waals surface area (Å²) in [5.41, 5.74) is 10.9. The van der Waals surface area contributed by atoms with Crippen molar-refractivity contribution in [3.63, 3.8) is 0 Å². The van der Waals surface area contributed by atoms with E-state index >= 15 is 0 Å². The van der Waals surface area contributed by atoms with Gasteiger partial charge in [-0.2, -0.15) is 0 Å². The molecule has 7 aromatic carbocycles. The van der Waals surface area contributed by atoms with Crippen molar-refractivity contribution in [2.45, 2.75) is 11.3 Å². The highest BCUT2D eigenvalue weighted by Gasteiger charge is 2.48. The number of allylic oxidation sites excluding steroid dienone is 2. The van der Waals surface area contributed by atoms with Crippen LogP contribution in [0.3, 0.4) is 0 Å². The van der Waals surface area contributed by atoms with Crippen LogP contribution < -0.4 is 4.90 Å². The van der Waals surface area contributed by atoms with Crippen LogP contribution in [0.2, 0.25) is 0 Å². The predicted octanol–water partition coefficient (Wildman–Crippen LogP) is 11.9. The molecular formula is C47H35NS. The fourth-order valence-corrected chi connectivity index (χ4v) is 9.47. The Morgan fingerprint density at radius 1 is 0.469 bits per heavy atom. The molecule has 0 saturated heterocycles. The number of nitrogens with zero attached hydrogens (tertiary/aromatic N) is 1. The lowest BCUT2D eigenvalue weighted by atomic mass is 9.65. The molecule has 0 atom stereocenters. The minimum Gasteiger partial charge on any atom is -0.332 e. The zero-order valence-corrected chi connectivity index (χ0v) is 27.9. The molecule has 49 heavy (non-hydrogen) atoms. The van der Waals surface area contributed by atoms with Gasteiger partial charge in [-0.25, -0.2) is 0 Å². The normalized spacial score (nSPS) is 13.9. The van der Waals surface area contributed by atoms with Crippen LogP contribution in [-0.4, -0.2) is 5.88 Å². The van der Waals surface area contributed by atoms with E-state index in [1.54, 1.807) is 0 Å². The Balaban J connectivity index is 1.45. The van der Waals surface area contributed by atoms with Gasteiger partial charge in [0.1, 0.15) is 0 Å². The summed E-state index contributed by atoms with van der Waals surface area (Å²) >= 11 is 1.98. The van der Waals surface area contributed by atoms with Crippen LogP contribution >= 0.6 is 11.8 Å². The Bertz CT molecular complexity index is 2160. The first-order valence-corrected chi connectivity index (χ1v) is 18.0. The van der Waals surface area contributed by atoms with Gasteiger partial charge in [-0.3, -0.25) is 0 Å². The average molecular weight is 646 g/mol. The largest absolute Gasteiger partial charge is 0.332 e. The third-order valence-electron chi connectivity index (χ3n) is 10.2. The Morgan fingerprint density at radius 3 is 1.45 bits per heavy atom. The third kappa shape index (κ3) is 4.86. The van der Waals surface area contributed by atoms with Crippen LogP contribution in [0.25, 0.3) is 22.9 Å². The Kier molecular flexibility index (Phi) is 7.52. The summed E-state index contributed by atoms with van der Waals surface area (Å²) in [6, 6.07) is 67.1. The second kappa shape index (κ2) is 12.5. The standard InChI is InChI=1S/C47H35NS/c1-6-17-34(18-7-1)44(35-19-8-2-9-20-35)45-46(48(33-49-45)42-32-31-37-30-29-36-21-16-28-41(42)43(36)37)47(38-22-10-3-11-23-38,39-24-12-4-13-25-39)40-26-14-5-15-27-40/h1-32,44H,33H2. The number of hydrogen-bond acceptors (Lipinski definition) is 2. The molecule has 234 valence electrons. The van der Waals surface area contributed by atoms with E-state index in [-0.39, 0.29) is 5.92 Å². The molecule has 0 N–H and O–H groups in total.